The number of rotatable bonds is 5. The third-order valence-electron chi connectivity index (χ3n) is 3.77. The molecule has 23 heavy (non-hydrogen) atoms. The van der Waals surface area contributed by atoms with Gasteiger partial charge in [-0.2, -0.15) is 17.6 Å². The second-order valence-corrected chi connectivity index (χ2v) is 6.44. The van der Waals surface area contributed by atoms with Crippen molar-refractivity contribution >= 4 is 22.1 Å². The number of esters is 2. The van der Waals surface area contributed by atoms with Gasteiger partial charge >= 0.3 is 23.1 Å². The number of ether oxygens (including phenoxy) is 2. The number of carbonyl (C=O) groups is 2. The summed E-state index contributed by atoms with van der Waals surface area (Å²) in [6.45, 7) is 0. The summed E-state index contributed by atoms with van der Waals surface area (Å²) in [5.74, 6) is -13.5. The summed E-state index contributed by atoms with van der Waals surface area (Å²) in [5, 5.41) is -5.94. The predicted octanol–water partition coefficient (Wildman–Crippen LogP) is 0.748. The lowest BCUT2D eigenvalue weighted by Gasteiger charge is -2.34. The highest BCUT2D eigenvalue weighted by Gasteiger charge is 2.69. The summed E-state index contributed by atoms with van der Waals surface area (Å²) < 4.78 is 94.8. The van der Waals surface area contributed by atoms with Gasteiger partial charge in [-0.1, -0.05) is 0 Å². The Labute approximate surface area is 128 Å². The zero-order valence-corrected chi connectivity index (χ0v) is 12.7. The second kappa shape index (κ2) is 6.23. The van der Waals surface area contributed by atoms with Crippen molar-refractivity contribution in [3.05, 3.63) is 0 Å². The predicted molar refractivity (Wildman–Crippen MR) is 63.3 cm³/mol. The molecule has 1 aliphatic carbocycles. The van der Waals surface area contributed by atoms with E-state index in [0.29, 0.717) is 0 Å². The van der Waals surface area contributed by atoms with Crippen LogP contribution in [0.1, 0.15) is 12.8 Å². The lowest BCUT2D eigenvalue weighted by molar-refractivity contribution is -0.204. The first-order chi connectivity index (χ1) is 10.3. The van der Waals surface area contributed by atoms with Crippen molar-refractivity contribution in [2.75, 3.05) is 14.2 Å². The van der Waals surface area contributed by atoms with Crippen molar-refractivity contribution in [3.8, 4) is 0 Å². The molecule has 1 unspecified atom stereocenters. The highest BCUT2D eigenvalue weighted by atomic mass is 32.2. The Morgan fingerprint density at radius 3 is 1.91 bits per heavy atom. The van der Waals surface area contributed by atoms with Crippen molar-refractivity contribution in [1.82, 2.24) is 0 Å². The smallest absolute Gasteiger partial charge is 0.396 e. The maximum absolute atomic E-state index is 14.0. The minimum atomic E-state index is -6.70. The number of hydrogen-bond donors (Lipinski definition) is 0. The molecule has 7 nitrogen and oxygen atoms in total. The van der Waals surface area contributed by atoms with Crippen LogP contribution in [0.3, 0.4) is 0 Å². The van der Waals surface area contributed by atoms with Crippen molar-refractivity contribution < 1.29 is 49.6 Å². The van der Waals surface area contributed by atoms with E-state index in [0.717, 1.165) is 14.2 Å². The van der Waals surface area contributed by atoms with E-state index in [4.69, 9.17) is 0 Å². The molecule has 134 valence electrons. The molecule has 0 aromatic heterocycles. The highest BCUT2D eigenvalue weighted by Crippen LogP contribution is 2.53. The maximum atomic E-state index is 14.0. The molecule has 0 aromatic carbocycles. The molecule has 0 amide bonds. The van der Waals surface area contributed by atoms with E-state index >= 15 is 0 Å². The van der Waals surface area contributed by atoms with E-state index in [1.807, 2.05) is 0 Å². The lowest BCUT2D eigenvalue weighted by Crippen LogP contribution is -2.53. The standard InChI is InChI=1S/C11H14F4O7S/c1-21-8(16)5-3-6(9(17)22-2)7(4-5)10(12,13)11(14,15)23(18,19)20/h5-7H,3-4H2,1-2H3,(H,18,19,20)/p-1/t5-,6+,7?/m1/s1. The molecular weight excluding hydrogens is 352 g/mol. The third-order valence-corrected chi connectivity index (χ3v) is 4.67. The van der Waals surface area contributed by atoms with Gasteiger partial charge < -0.3 is 14.0 Å². The van der Waals surface area contributed by atoms with Crippen LogP contribution in [0, 0.1) is 17.8 Å². The van der Waals surface area contributed by atoms with Gasteiger partial charge in [0, 0.05) is 5.92 Å². The Morgan fingerprint density at radius 1 is 1.04 bits per heavy atom. The molecule has 1 aliphatic rings. The summed E-state index contributed by atoms with van der Waals surface area (Å²) in [6.07, 6.45) is -1.54. The molecule has 0 radical (unpaired) electrons. The van der Waals surface area contributed by atoms with E-state index in [1.54, 1.807) is 0 Å². The summed E-state index contributed by atoms with van der Waals surface area (Å²) in [6, 6.07) is 0. The van der Waals surface area contributed by atoms with E-state index < -0.39 is 63.8 Å². The normalized spacial score (nSPS) is 26.0. The zero-order chi connectivity index (χ0) is 18.2. The van der Waals surface area contributed by atoms with E-state index in [-0.39, 0.29) is 0 Å². The zero-order valence-electron chi connectivity index (χ0n) is 11.9. The first-order valence-corrected chi connectivity index (χ1v) is 7.58. The Bertz CT molecular complexity index is 589. The van der Waals surface area contributed by atoms with Crippen LogP contribution in [0.15, 0.2) is 0 Å². The molecule has 1 rings (SSSR count). The molecule has 0 N–H and O–H groups in total. The third kappa shape index (κ3) is 3.27. The number of alkyl halides is 4. The van der Waals surface area contributed by atoms with Crippen molar-refractivity contribution in [2.45, 2.75) is 24.0 Å². The first-order valence-electron chi connectivity index (χ1n) is 6.18. The number of hydrogen-bond acceptors (Lipinski definition) is 7. The summed E-state index contributed by atoms with van der Waals surface area (Å²) in [5.41, 5.74) is 0. The first kappa shape index (κ1) is 19.6. The monoisotopic (exact) mass is 365 g/mol. The minimum absolute atomic E-state index is 0.589. The van der Waals surface area contributed by atoms with Crippen LogP contribution in [-0.2, 0) is 29.2 Å². The minimum Gasteiger partial charge on any atom is -0.743 e. The Balaban J connectivity index is 3.29. The van der Waals surface area contributed by atoms with Gasteiger partial charge in [0.15, 0.2) is 10.1 Å². The molecule has 0 aliphatic heterocycles. The molecule has 0 bridgehead atoms. The van der Waals surface area contributed by atoms with Crippen LogP contribution in [0.4, 0.5) is 17.6 Å². The molecular formula is C11H13F4O7S-. The average molecular weight is 365 g/mol. The van der Waals surface area contributed by atoms with Gasteiger partial charge in [-0.25, -0.2) is 8.42 Å². The van der Waals surface area contributed by atoms with Crippen molar-refractivity contribution in [1.29, 1.82) is 0 Å². The molecule has 1 saturated carbocycles. The molecule has 3 atom stereocenters. The fraction of sp³-hybridized carbons (Fsp3) is 0.818. The Kier molecular flexibility index (Phi) is 5.31. The fourth-order valence-corrected chi connectivity index (χ4v) is 3.08. The lowest BCUT2D eigenvalue weighted by atomic mass is 9.89. The molecule has 0 saturated heterocycles. The van der Waals surface area contributed by atoms with Crippen LogP contribution >= 0.6 is 0 Å². The number of carbonyl (C=O) groups excluding carboxylic acids is 2. The van der Waals surface area contributed by atoms with Crippen molar-refractivity contribution in [3.63, 3.8) is 0 Å². The van der Waals surface area contributed by atoms with Crippen LogP contribution < -0.4 is 0 Å². The van der Waals surface area contributed by atoms with Crippen LogP contribution in [0.5, 0.6) is 0 Å². The molecule has 12 heteroatoms. The van der Waals surface area contributed by atoms with Gasteiger partial charge in [-0.3, -0.25) is 9.59 Å². The summed E-state index contributed by atoms with van der Waals surface area (Å²) in [4.78, 5) is 22.9. The van der Waals surface area contributed by atoms with Gasteiger partial charge in [0.05, 0.1) is 26.1 Å². The molecule has 0 spiro atoms. The quantitative estimate of drug-likeness (QED) is 0.402. The fourth-order valence-electron chi connectivity index (χ4n) is 2.59. The largest absolute Gasteiger partial charge is 0.743 e. The summed E-state index contributed by atoms with van der Waals surface area (Å²) in [7, 11) is -4.96. The van der Waals surface area contributed by atoms with Gasteiger partial charge in [-0.15, -0.1) is 0 Å². The van der Waals surface area contributed by atoms with Crippen LogP contribution in [-0.4, -0.2) is 50.3 Å². The van der Waals surface area contributed by atoms with Crippen molar-refractivity contribution in [2.24, 2.45) is 17.8 Å². The van der Waals surface area contributed by atoms with Gasteiger partial charge in [0.25, 0.3) is 0 Å². The molecule has 0 heterocycles. The van der Waals surface area contributed by atoms with E-state index in [1.165, 1.54) is 0 Å². The molecule has 1 fully saturated rings. The summed E-state index contributed by atoms with van der Waals surface area (Å²) >= 11 is 0. The number of halogens is 4. The Morgan fingerprint density at radius 2 is 1.52 bits per heavy atom. The van der Waals surface area contributed by atoms with Gasteiger partial charge in [0.1, 0.15) is 0 Å². The van der Waals surface area contributed by atoms with Crippen LogP contribution in [0.2, 0.25) is 0 Å². The SMILES string of the molecule is COC(=O)[C@H]1CC(C(F)(F)C(F)(F)S(=O)(=O)[O-])[C@@H](C(=O)OC)C1. The van der Waals surface area contributed by atoms with Crippen LogP contribution in [0.25, 0.3) is 0 Å². The average Bonchev–Trinajstić information content (AvgIpc) is 2.89. The highest BCUT2D eigenvalue weighted by molar-refractivity contribution is 7.86. The van der Waals surface area contributed by atoms with E-state index in [2.05, 4.69) is 9.47 Å². The topological polar surface area (TPSA) is 110 Å². The number of methoxy groups -OCH3 is 2. The second-order valence-electron chi connectivity index (χ2n) is 5.02. The Hall–Kier alpha value is -1.43. The maximum Gasteiger partial charge on any atom is 0.396 e. The molecule has 0 aromatic rings. The van der Waals surface area contributed by atoms with Gasteiger partial charge in [-0.05, 0) is 12.8 Å². The van der Waals surface area contributed by atoms with Gasteiger partial charge in [0.2, 0.25) is 0 Å². The van der Waals surface area contributed by atoms with E-state index in [9.17, 15) is 40.1 Å².